The number of rotatable bonds is 25. The molecule has 0 bridgehead atoms. The molecule has 8 rings (SSSR count). The van der Waals surface area contributed by atoms with Gasteiger partial charge in [0.1, 0.15) is 52.9 Å². The number of nitrogens with one attached hydrogen (secondary N) is 1. The number of sulfone groups is 2. The molecule has 51 heteroatoms. The molecule has 0 spiro atoms. The van der Waals surface area contributed by atoms with Crippen molar-refractivity contribution in [2.45, 2.75) is 34.3 Å². The molecule has 100 heavy (non-hydrogen) atoms. The van der Waals surface area contributed by atoms with Crippen molar-refractivity contribution in [1.29, 1.82) is 0 Å². The second-order valence-corrected chi connectivity index (χ2v) is 32.9. The number of aromatic hydroxyl groups is 2. The van der Waals surface area contributed by atoms with E-state index in [1.807, 2.05) is 0 Å². The van der Waals surface area contributed by atoms with Crippen LogP contribution in [0.3, 0.4) is 0 Å². The number of hydrogen-bond acceptors (Lipinski definition) is 33. The smallest absolute Gasteiger partial charge is 0.397 e. The Morgan fingerprint density at radius 3 is 1.03 bits per heavy atom. The Bertz CT molecular complexity index is 5940. The van der Waals surface area contributed by atoms with Crippen LogP contribution in [0.5, 0.6) is 11.5 Å². The van der Waals surface area contributed by atoms with Gasteiger partial charge in [-0.15, -0.1) is 25.6 Å². The van der Waals surface area contributed by atoms with Crippen LogP contribution in [0.15, 0.2) is 190 Å². The van der Waals surface area contributed by atoms with Crippen molar-refractivity contribution in [2.24, 2.45) is 40.9 Å². The number of azo groups is 4. The zero-order valence-electron chi connectivity index (χ0n) is 49.3. The summed E-state index contributed by atoms with van der Waals surface area (Å²) >= 11 is 0. The standard InChI is InChI=1S/C49H41N11O30S9.Na/c50-41-39-25(19-35(94(71,72)73)43(41)57-53-28-5-10-31(11-6-28)91(64,65)17-15-89-98(83,84)85)21-37(96(77,78)79)45(47(39)61)59-55-27-3-1-24(2-4-27)49(63)52-30-9-14-34(93(68,69)70)33(23-30)56-60-46-38(97(80,81)82)22-26-20-36(95(74,75)76)44(42(51)40(26)48(46)62)58-54-29-7-12-32(13-8-29)92(66,67)18-16-90-99(86,87)88;/h1-14,19-23,61-62H,15-18,50-51H2,(H,52,63)(H,68,69,70)(H,71,72,73)(H,74,75,76)(H,77,78,79)(H,80,81,82)(H,83,84,85)(H,86,87,88);. The summed E-state index contributed by atoms with van der Waals surface area (Å²) in [6, 6.07) is 16.5. The SMILES string of the molecule is Nc1c(N=Nc2ccc(S(=O)(=O)CCOS(=O)(=O)O)cc2)c(S(=O)(=O)O)cc2cc(S(=O)(=O)O)c(N=Nc3ccc(C(=O)Nc4ccc(S(=O)(=O)O)c(N=Nc5c(S(=O)(=O)O)cc6cc(S(=O)(=O)O)c(N=Nc7ccc(S(=O)(=O)CCOS(=O)(=O)O)cc7)c(N)c6c5O)c4)cc3)c(O)c12.[Na]. The van der Waals surface area contributed by atoms with Gasteiger partial charge in [-0.25, -0.2) is 25.2 Å². The number of anilines is 3. The minimum atomic E-state index is -5.59. The van der Waals surface area contributed by atoms with Crippen LogP contribution in [-0.4, -0.2) is 178 Å². The van der Waals surface area contributed by atoms with Gasteiger partial charge in [0.15, 0.2) is 31.2 Å². The van der Waals surface area contributed by atoms with Gasteiger partial charge in [-0.05, 0) is 126 Å². The number of phenolic OH excluding ortho intramolecular Hbond substituents is 2. The van der Waals surface area contributed by atoms with E-state index in [0.29, 0.717) is 30.3 Å². The fourth-order valence-corrected chi connectivity index (χ4v) is 14.8. The third-order valence-corrected chi connectivity index (χ3v) is 21.7. The molecule has 0 aliphatic carbocycles. The van der Waals surface area contributed by atoms with Gasteiger partial charge < -0.3 is 27.0 Å². The molecule has 0 aromatic heterocycles. The van der Waals surface area contributed by atoms with Crippen molar-refractivity contribution in [3.05, 3.63) is 121 Å². The van der Waals surface area contributed by atoms with Crippen LogP contribution in [-0.2, 0) is 99.4 Å². The minimum absolute atomic E-state index is 0. The Labute approximate surface area is 585 Å². The van der Waals surface area contributed by atoms with Crippen LogP contribution < -0.4 is 16.8 Å². The summed E-state index contributed by atoms with van der Waals surface area (Å²) in [4.78, 5) is 6.71. The first-order valence-corrected chi connectivity index (χ1v) is 39.0. The molecule has 0 fully saturated rings. The monoisotopic (exact) mass is 1570 g/mol. The molecule has 14 N–H and O–H groups in total. The number of carbonyl (C=O) groups excluding carboxylic acids is 1. The minimum Gasteiger partial charge on any atom is -0.505 e. The first-order chi connectivity index (χ1) is 45.5. The molecule has 0 atom stereocenters. The summed E-state index contributed by atoms with van der Waals surface area (Å²) in [5, 5.41) is 52.6. The number of nitrogen functional groups attached to an aromatic ring is 2. The second kappa shape index (κ2) is 29.2. The Morgan fingerprint density at radius 2 is 0.700 bits per heavy atom. The van der Waals surface area contributed by atoms with Crippen LogP contribution >= 0.6 is 0 Å². The van der Waals surface area contributed by atoms with E-state index in [1.54, 1.807) is 0 Å². The molecular weight excluding hydrogens is 1530 g/mol. The topological polar surface area (TPSA) is 688 Å². The largest absolute Gasteiger partial charge is 0.505 e. The number of hydrogen-bond donors (Lipinski definition) is 12. The molecule has 8 aromatic rings. The molecule has 0 heterocycles. The summed E-state index contributed by atoms with van der Waals surface area (Å²) < 4.78 is 297. The van der Waals surface area contributed by atoms with Gasteiger partial charge in [0.05, 0.1) is 73.7 Å². The Kier molecular flexibility index (Phi) is 23.1. The van der Waals surface area contributed by atoms with Crippen molar-refractivity contribution < 1.29 is 131 Å². The Morgan fingerprint density at radius 1 is 0.390 bits per heavy atom. The maximum atomic E-state index is 13.6. The molecule has 0 saturated heterocycles. The van der Waals surface area contributed by atoms with Gasteiger partial charge in [-0.1, -0.05) is 0 Å². The van der Waals surface area contributed by atoms with E-state index in [2.05, 4.69) is 54.6 Å². The normalized spacial score (nSPS) is 13.3. The van der Waals surface area contributed by atoms with Gasteiger partial charge in [-0.2, -0.15) is 74.3 Å². The summed E-state index contributed by atoms with van der Waals surface area (Å²) in [6.07, 6.45) is 0. The zero-order chi connectivity index (χ0) is 73.6. The van der Waals surface area contributed by atoms with Crippen molar-refractivity contribution >= 4 is 211 Å². The summed E-state index contributed by atoms with van der Waals surface area (Å²) in [5.41, 5.74) is 4.33. The average Bonchev–Trinajstić information content (AvgIpc) is 0.747. The van der Waals surface area contributed by atoms with E-state index < -0.39 is 229 Å². The zero-order valence-corrected chi connectivity index (χ0v) is 58.7. The first-order valence-electron chi connectivity index (χ1n) is 25.8. The summed E-state index contributed by atoms with van der Waals surface area (Å²) in [6.45, 7) is -1.94. The van der Waals surface area contributed by atoms with Crippen molar-refractivity contribution in [3.8, 4) is 11.5 Å². The van der Waals surface area contributed by atoms with Crippen LogP contribution in [0.2, 0.25) is 0 Å². The molecule has 8 aromatic carbocycles. The number of nitrogens with two attached hydrogens (primary N) is 2. The van der Waals surface area contributed by atoms with Gasteiger partial charge in [0, 0.05) is 40.8 Å². The van der Waals surface area contributed by atoms with Crippen LogP contribution in [0.4, 0.5) is 62.6 Å². The molecule has 0 saturated carbocycles. The van der Waals surface area contributed by atoms with Gasteiger partial charge in [-0.3, -0.25) is 36.7 Å². The third-order valence-electron chi connectivity index (χ3n) is 13.0. The summed E-state index contributed by atoms with van der Waals surface area (Å²) in [7, 11) is -45.6. The maximum Gasteiger partial charge on any atom is 0.397 e. The number of fused-ring (bicyclic) bond motifs is 2. The van der Waals surface area contributed by atoms with Crippen molar-refractivity contribution in [3.63, 3.8) is 0 Å². The fraction of sp³-hybridized carbons (Fsp3) is 0.0816. The predicted molar refractivity (Wildman–Crippen MR) is 344 cm³/mol. The number of nitrogens with zero attached hydrogens (tertiary/aromatic N) is 8. The van der Waals surface area contributed by atoms with Gasteiger partial charge >= 0.3 is 20.8 Å². The molecule has 0 aliphatic rings. The summed E-state index contributed by atoms with van der Waals surface area (Å²) in [5.74, 6) is -5.45. The second-order valence-electron chi connectivity index (χ2n) is 19.6. The molecule has 1 radical (unpaired) electrons. The molecule has 41 nitrogen and oxygen atoms in total. The van der Waals surface area contributed by atoms with E-state index in [9.17, 15) is 114 Å². The molecule has 0 unspecified atom stereocenters. The van der Waals surface area contributed by atoms with Gasteiger partial charge in [0.2, 0.25) is 0 Å². The van der Waals surface area contributed by atoms with E-state index >= 15 is 0 Å². The van der Waals surface area contributed by atoms with Crippen LogP contribution in [0, 0.1) is 0 Å². The number of benzene rings is 8. The molecule has 527 valence electrons. The first kappa shape index (κ1) is 78.9. The average molecular weight is 1580 g/mol. The van der Waals surface area contributed by atoms with E-state index in [0.717, 1.165) is 84.9 Å². The van der Waals surface area contributed by atoms with Crippen molar-refractivity contribution in [1.82, 2.24) is 0 Å². The quantitative estimate of drug-likeness (QED) is 0.0125. The van der Waals surface area contributed by atoms with E-state index in [4.69, 9.17) is 20.6 Å². The van der Waals surface area contributed by atoms with E-state index in [1.165, 1.54) is 0 Å². The molecule has 0 aliphatic heterocycles. The molecule has 1 amide bonds. The van der Waals surface area contributed by atoms with Crippen LogP contribution in [0.25, 0.3) is 21.5 Å². The Hall–Kier alpha value is -8.46. The predicted octanol–water partition coefficient (Wildman–Crippen LogP) is 6.52. The van der Waals surface area contributed by atoms with E-state index in [-0.39, 0.29) is 57.9 Å². The Balaban J connectivity index is 0.0000140. The van der Waals surface area contributed by atoms with Crippen LogP contribution in [0.1, 0.15) is 10.4 Å². The number of phenols is 2. The van der Waals surface area contributed by atoms with Gasteiger partial charge in [0.25, 0.3) is 56.5 Å². The van der Waals surface area contributed by atoms with Crippen molar-refractivity contribution in [2.75, 3.05) is 41.5 Å². The molecular formula is C49H41N11NaO30S9. The third kappa shape index (κ3) is 18.9. The maximum absolute atomic E-state index is 13.6. The number of carbonyl (C=O) groups is 1. The fourth-order valence-electron chi connectivity index (χ4n) is 8.58. The number of amides is 1.